The normalized spacial score (nSPS) is 12.1. The van der Waals surface area contributed by atoms with E-state index in [9.17, 15) is 0 Å². The van der Waals surface area contributed by atoms with Crippen molar-refractivity contribution >= 4 is 27.3 Å². The number of methoxy groups -OCH3 is 3. The Balaban J connectivity index is 2.46. The minimum absolute atomic E-state index is 0.0669. The van der Waals surface area contributed by atoms with E-state index in [1.165, 1.54) is 0 Å². The number of benzene rings is 1. The zero-order valence-corrected chi connectivity index (χ0v) is 14.3. The van der Waals surface area contributed by atoms with Crippen LogP contribution < -0.4 is 14.2 Å². The van der Waals surface area contributed by atoms with Crippen molar-refractivity contribution < 1.29 is 14.2 Å². The van der Waals surface area contributed by atoms with Gasteiger partial charge in [-0.15, -0.1) is 11.3 Å². The van der Waals surface area contributed by atoms with Crippen LogP contribution in [0.4, 0.5) is 0 Å². The Bertz CT molecular complexity index is 595. The van der Waals surface area contributed by atoms with Gasteiger partial charge in [0, 0.05) is 0 Å². The molecule has 0 aliphatic rings. The topological polar surface area (TPSA) is 27.7 Å². The summed E-state index contributed by atoms with van der Waals surface area (Å²) in [6.07, 6.45) is 0. The molecule has 0 bridgehead atoms. The van der Waals surface area contributed by atoms with E-state index in [-0.39, 0.29) is 4.83 Å². The molecule has 108 valence electrons. The van der Waals surface area contributed by atoms with Gasteiger partial charge < -0.3 is 14.2 Å². The first-order valence-electron chi connectivity index (χ1n) is 6.10. The van der Waals surface area contributed by atoms with Crippen LogP contribution in [0, 0.1) is 6.92 Å². The largest absolute Gasteiger partial charge is 0.496 e. The number of rotatable bonds is 5. The molecule has 1 heterocycles. The summed E-state index contributed by atoms with van der Waals surface area (Å²) in [6.45, 7) is 2.06. The summed E-state index contributed by atoms with van der Waals surface area (Å²) in [5.74, 6) is 2.37. The van der Waals surface area contributed by atoms with Crippen molar-refractivity contribution in [2.75, 3.05) is 21.3 Å². The lowest BCUT2D eigenvalue weighted by atomic mass is 10.0. The van der Waals surface area contributed by atoms with E-state index in [4.69, 9.17) is 14.2 Å². The summed E-state index contributed by atoms with van der Waals surface area (Å²) in [6, 6.07) is 5.97. The van der Waals surface area contributed by atoms with Gasteiger partial charge in [-0.1, -0.05) is 15.9 Å². The fourth-order valence-corrected chi connectivity index (χ4v) is 3.97. The number of thiophene rings is 1. The molecule has 3 nitrogen and oxygen atoms in total. The van der Waals surface area contributed by atoms with Crippen LogP contribution in [0.15, 0.2) is 23.6 Å². The van der Waals surface area contributed by atoms with Gasteiger partial charge in [-0.05, 0) is 41.6 Å². The highest BCUT2D eigenvalue weighted by Crippen LogP contribution is 2.44. The molecule has 0 N–H and O–H groups in total. The molecule has 20 heavy (non-hydrogen) atoms. The van der Waals surface area contributed by atoms with Crippen molar-refractivity contribution in [3.8, 4) is 17.2 Å². The second-order valence-electron chi connectivity index (χ2n) is 4.28. The lowest BCUT2D eigenvalue weighted by molar-refractivity contribution is 0.354. The van der Waals surface area contributed by atoms with Crippen molar-refractivity contribution in [2.45, 2.75) is 11.8 Å². The molecule has 5 heteroatoms. The van der Waals surface area contributed by atoms with Gasteiger partial charge in [-0.2, -0.15) is 0 Å². The summed E-state index contributed by atoms with van der Waals surface area (Å²) >= 11 is 5.42. The maximum Gasteiger partial charge on any atom is 0.161 e. The van der Waals surface area contributed by atoms with Crippen molar-refractivity contribution in [3.05, 3.63) is 39.6 Å². The SMILES string of the molecule is COc1cc(C)c(C(Br)c2sccc2OC)cc1OC. The van der Waals surface area contributed by atoms with Crippen LogP contribution in [0.1, 0.15) is 20.8 Å². The summed E-state index contributed by atoms with van der Waals surface area (Å²) in [4.78, 5) is 1.21. The van der Waals surface area contributed by atoms with E-state index in [1.807, 2.05) is 23.6 Å². The fourth-order valence-electron chi connectivity index (χ4n) is 2.07. The van der Waals surface area contributed by atoms with Gasteiger partial charge in [0.1, 0.15) is 5.75 Å². The maximum atomic E-state index is 5.39. The van der Waals surface area contributed by atoms with Crippen LogP contribution >= 0.6 is 27.3 Å². The molecule has 2 aromatic rings. The third-order valence-corrected chi connectivity index (χ3v) is 5.37. The van der Waals surface area contributed by atoms with Crippen LogP contribution in [-0.4, -0.2) is 21.3 Å². The molecule has 1 aromatic heterocycles. The Morgan fingerprint density at radius 3 is 2.20 bits per heavy atom. The highest BCUT2D eigenvalue weighted by molar-refractivity contribution is 9.09. The van der Waals surface area contributed by atoms with E-state index in [1.54, 1.807) is 32.7 Å². The highest BCUT2D eigenvalue weighted by Gasteiger charge is 2.20. The molecule has 0 amide bonds. The summed E-state index contributed by atoms with van der Waals surface area (Å²) in [5.41, 5.74) is 2.28. The standard InChI is InChI=1S/C15H17BrO3S/c1-9-7-12(18-3)13(19-4)8-10(9)14(16)15-11(17-2)5-6-20-15/h5-8,14H,1-4H3. The third kappa shape index (κ3) is 2.79. The number of hydrogen-bond donors (Lipinski definition) is 0. The predicted molar refractivity (Wildman–Crippen MR) is 85.9 cm³/mol. The first kappa shape index (κ1) is 15.2. The first-order valence-corrected chi connectivity index (χ1v) is 7.89. The van der Waals surface area contributed by atoms with Crippen molar-refractivity contribution in [1.82, 2.24) is 0 Å². The Morgan fingerprint density at radius 1 is 1.00 bits per heavy atom. The second kappa shape index (κ2) is 6.50. The summed E-state index contributed by atoms with van der Waals surface area (Å²) in [7, 11) is 4.98. The zero-order chi connectivity index (χ0) is 14.7. The lowest BCUT2D eigenvalue weighted by Crippen LogP contribution is -1.99. The van der Waals surface area contributed by atoms with Gasteiger partial charge in [0.15, 0.2) is 11.5 Å². The van der Waals surface area contributed by atoms with Gasteiger partial charge in [0.2, 0.25) is 0 Å². The van der Waals surface area contributed by atoms with Crippen LogP contribution in [0.25, 0.3) is 0 Å². The van der Waals surface area contributed by atoms with E-state index < -0.39 is 0 Å². The summed E-state index contributed by atoms with van der Waals surface area (Å²) < 4.78 is 16.1. The Morgan fingerprint density at radius 2 is 1.60 bits per heavy atom. The second-order valence-corrected chi connectivity index (χ2v) is 6.14. The molecule has 0 aliphatic carbocycles. The van der Waals surface area contributed by atoms with Gasteiger partial charge in [0.25, 0.3) is 0 Å². The molecule has 1 unspecified atom stereocenters. The monoisotopic (exact) mass is 356 g/mol. The zero-order valence-electron chi connectivity index (χ0n) is 11.9. The fraction of sp³-hybridized carbons (Fsp3) is 0.333. The van der Waals surface area contributed by atoms with Gasteiger partial charge >= 0.3 is 0 Å². The molecular formula is C15H17BrO3S. The van der Waals surface area contributed by atoms with E-state index in [2.05, 4.69) is 22.9 Å². The van der Waals surface area contributed by atoms with Crippen LogP contribution in [0.3, 0.4) is 0 Å². The van der Waals surface area contributed by atoms with Crippen LogP contribution in [0.5, 0.6) is 17.2 Å². The lowest BCUT2D eigenvalue weighted by Gasteiger charge is -2.17. The van der Waals surface area contributed by atoms with Gasteiger partial charge in [0.05, 0.1) is 31.0 Å². The Hall–Kier alpha value is -1.20. The number of halogens is 1. The molecule has 0 saturated heterocycles. The molecule has 0 aliphatic heterocycles. The highest BCUT2D eigenvalue weighted by atomic mass is 79.9. The number of aryl methyl sites for hydroxylation is 1. The van der Waals surface area contributed by atoms with Gasteiger partial charge in [-0.3, -0.25) is 0 Å². The van der Waals surface area contributed by atoms with Crippen LogP contribution in [-0.2, 0) is 0 Å². The Labute approximate surface area is 131 Å². The quantitative estimate of drug-likeness (QED) is 0.734. The summed E-state index contributed by atoms with van der Waals surface area (Å²) in [5, 5.41) is 2.03. The minimum Gasteiger partial charge on any atom is -0.496 e. The molecule has 2 rings (SSSR count). The molecule has 1 atom stereocenters. The Kier molecular flexibility index (Phi) is 4.94. The average Bonchev–Trinajstić information content (AvgIpc) is 2.94. The average molecular weight is 357 g/mol. The minimum atomic E-state index is 0.0669. The first-order chi connectivity index (χ1) is 9.62. The number of ether oxygens (including phenoxy) is 3. The molecular weight excluding hydrogens is 340 g/mol. The molecule has 0 fully saturated rings. The third-order valence-electron chi connectivity index (χ3n) is 3.15. The number of hydrogen-bond acceptors (Lipinski definition) is 4. The van der Waals surface area contributed by atoms with Crippen molar-refractivity contribution in [1.29, 1.82) is 0 Å². The smallest absolute Gasteiger partial charge is 0.161 e. The van der Waals surface area contributed by atoms with Crippen molar-refractivity contribution in [3.63, 3.8) is 0 Å². The number of alkyl halides is 1. The molecule has 0 radical (unpaired) electrons. The predicted octanol–water partition coefficient (Wildman–Crippen LogP) is 4.57. The van der Waals surface area contributed by atoms with E-state index in [0.717, 1.165) is 33.3 Å². The van der Waals surface area contributed by atoms with Crippen molar-refractivity contribution in [2.24, 2.45) is 0 Å². The van der Waals surface area contributed by atoms with Crippen LogP contribution in [0.2, 0.25) is 0 Å². The molecule has 0 saturated carbocycles. The molecule has 0 spiro atoms. The molecule has 1 aromatic carbocycles. The van der Waals surface area contributed by atoms with Gasteiger partial charge in [-0.25, -0.2) is 0 Å². The van der Waals surface area contributed by atoms with E-state index >= 15 is 0 Å². The maximum absolute atomic E-state index is 5.39. The van der Waals surface area contributed by atoms with E-state index in [0.29, 0.717) is 0 Å².